The Labute approximate surface area is 129 Å². The summed E-state index contributed by atoms with van der Waals surface area (Å²) < 4.78 is 18.1. The Morgan fingerprint density at radius 2 is 1.91 bits per heavy atom. The molecule has 3 nitrogen and oxygen atoms in total. The van der Waals surface area contributed by atoms with Gasteiger partial charge >= 0.3 is 0 Å². The Kier molecular flexibility index (Phi) is 5.56. The quantitative estimate of drug-likeness (QED) is 0.881. The maximum absolute atomic E-state index is 12.7. The standard InChI is InChI=1S/C18H16FNO2/c1-14-5-2-3-7-17(14)22-13-18(21)20-12-4-6-15-8-10-16(19)11-9-15/h2-3,5,7-11H,12-13H2,1H3,(H,20,21). The van der Waals surface area contributed by atoms with E-state index in [0.717, 1.165) is 5.56 Å². The van der Waals surface area contributed by atoms with Crippen molar-refractivity contribution in [1.82, 2.24) is 5.32 Å². The van der Waals surface area contributed by atoms with Gasteiger partial charge in [0.2, 0.25) is 0 Å². The summed E-state index contributed by atoms with van der Waals surface area (Å²) in [5, 5.41) is 2.64. The molecule has 0 atom stereocenters. The Morgan fingerprint density at radius 3 is 2.64 bits per heavy atom. The van der Waals surface area contributed by atoms with E-state index < -0.39 is 0 Å². The average molecular weight is 297 g/mol. The van der Waals surface area contributed by atoms with Crippen molar-refractivity contribution < 1.29 is 13.9 Å². The van der Waals surface area contributed by atoms with Crippen molar-refractivity contribution in [2.45, 2.75) is 6.92 Å². The second kappa shape index (κ2) is 7.84. The Bertz CT molecular complexity index is 699. The first-order valence-electron chi connectivity index (χ1n) is 6.85. The molecule has 1 amide bonds. The van der Waals surface area contributed by atoms with E-state index in [1.165, 1.54) is 12.1 Å². The second-order valence-corrected chi connectivity index (χ2v) is 4.64. The first-order valence-corrected chi connectivity index (χ1v) is 6.85. The van der Waals surface area contributed by atoms with Crippen LogP contribution in [0.25, 0.3) is 0 Å². The van der Waals surface area contributed by atoms with Crippen molar-refractivity contribution in [2.75, 3.05) is 13.2 Å². The molecule has 0 fully saturated rings. The predicted molar refractivity (Wildman–Crippen MR) is 83.0 cm³/mol. The van der Waals surface area contributed by atoms with Gasteiger partial charge in [-0.2, -0.15) is 0 Å². The lowest BCUT2D eigenvalue weighted by Crippen LogP contribution is -2.29. The Morgan fingerprint density at radius 1 is 1.18 bits per heavy atom. The summed E-state index contributed by atoms with van der Waals surface area (Å²) in [6, 6.07) is 13.4. The molecule has 0 aliphatic heterocycles. The monoisotopic (exact) mass is 297 g/mol. The first kappa shape index (κ1) is 15.6. The molecular weight excluding hydrogens is 281 g/mol. The molecule has 22 heavy (non-hydrogen) atoms. The molecule has 0 heterocycles. The van der Waals surface area contributed by atoms with Crippen LogP contribution in [-0.2, 0) is 4.79 Å². The smallest absolute Gasteiger partial charge is 0.258 e. The third-order valence-electron chi connectivity index (χ3n) is 2.90. The molecule has 0 unspecified atom stereocenters. The maximum Gasteiger partial charge on any atom is 0.258 e. The number of nitrogens with one attached hydrogen (secondary N) is 1. The van der Waals surface area contributed by atoms with Gasteiger partial charge in [0.25, 0.3) is 5.91 Å². The van der Waals surface area contributed by atoms with E-state index >= 15 is 0 Å². The fraction of sp³-hybridized carbons (Fsp3) is 0.167. The number of para-hydroxylation sites is 1. The maximum atomic E-state index is 12.7. The van der Waals surface area contributed by atoms with Crippen LogP contribution in [0.4, 0.5) is 4.39 Å². The minimum atomic E-state index is -0.299. The third kappa shape index (κ3) is 4.95. The van der Waals surface area contributed by atoms with E-state index in [9.17, 15) is 9.18 Å². The van der Waals surface area contributed by atoms with Gasteiger partial charge in [0.05, 0.1) is 6.54 Å². The molecule has 0 aliphatic rings. The molecule has 4 heteroatoms. The summed E-state index contributed by atoms with van der Waals surface area (Å²) >= 11 is 0. The summed E-state index contributed by atoms with van der Waals surface area (Å²) in [6.45, 7) is 2.08. The van der Waals surface area contributed by atoms with Gasteiger partial charge in [-0.3, -0.25) is 4.79 Å². The van der Waals surface area contributed by atoms with E-state index in [2.05, 4.69) is 17.2 Å². The van der Waals surface area contributed by atoms with Crippen LogP contribution >= 0.6 is 0 Å². The SMILES string of the molecule is Cc1ccccc1OCC(=O)NCC#Cc1ccc(F)cc1. The fourth-order valence-electron chi connectivity index (χ4n) is 1.73. The summed E-state index contributed by atoms with van der Waals surface area (Å²) in [7, 11) is 0. The van der Waals surface area contributed by atoms with E-state index in [4.69, 9.17) is 4.74 Å². The van der Waals surface area contributed by atoms with E-state index in [1.54, 1.807) is 12.1 Å². The average Bonchev–Trinajstić information content (AvgIpc) is 2.52. The topological polar surface area (TPSA) is 38.3 Å². The highest BCUT2D eigenvalue weighted by molar-refractivity contribution is 5.77. The van der Waals surface area contributed by atoms with Gasteiger partial charge in [-0.05, 0) is 42.8 Å². The largest absolute Gasteiger partial charge is 0.484 e. The van der Waals surface area contributed by atoms with E-state index in [0.29, 0.717) is 11.3 Å². The van der Waals surface area contributed by atoms with Crippen molar-refractivity contribution in [1.29, 1.82) is 0 Å². The lowest BCUT2D eigenvalue weighted by atomic mass is 10.2. The molecule has 0 aliphatic carbocycles. The van der Waals surface area contributed by atoms with Gasteiger partial charge < -0.3 is 10.1 Å². The zero-order valence-corrected chi connectivity index (χ0v) is 12.2. The van der Waals surface area contributed by atoms with Gasteiger partial charge in [0.1, 0.15) is 11.6 Å². The molecule has 0 saturated carbocycles. The highest BCUT2D eigenvalue weighted by atomic mass is 19.1. The molecule has 1 N–H and O–H groups in total. The highest BCUT2D eigenvalue weighted by Gasteiger charge is 2.02. The fourth-order valence-corrected chi connectivity index (χ4v) is 1.73. The molecule has 0 radical (unpaired) electrons. The van der Waals surface area contributed by atoms with E-state index in [-0.39, 0.29) is 24.9 Å². The normalized spacial score (nSPS) is 9.55. The number of hydrogen-bond donors (Lipinski definition) is 1. The number of carbonyl (C=O) groups excluding carboxylic acids is 1. The zero-order valence-electron chi connectivity index (χ0n) is 12.2. The van der Waals surface area contributed by atoms with Crippen molar-refractivity contribution in [2.24, 2.45) is 0 Å². The van der Waals surface area contributed by atoms with Crippen molar-refractivity contribution in [3.8, 4) is 17.6 Å². The minimum Gasteiger partial charge on any atom is -0.484 e. The minimum absolute atomic E-state index is 0.0525. The van der Waals surface area contributed by atoms with Crippen LogP contribution in [-0.4, -0.2) is 19.1 Å². The third-order valence-corrected chi connectivity index (χ3v) is 2.90. The molecule has 0 bridgehead atoms. The number of halogens is 1. The lowest BCUT2D eigenvalue weighted by molar-refractivity contribution is -0.122. The number of benzene rings is 2. The summed E-state index contributed by atoms with van der Waals surface area (Å²) in [5.74, 6) is 5.79. The van der Waals surface area contributed by atoms with Gasteiger partial charge in [-0.1, -0.05) is 30.0 Å². The van der Waals surface area contributed by atoms with Gasteiger partial charge in [-0.25, -0.2) is 4.39 Å². The van der Waals surface area contributed by atoms with Gasteiger partial charge in [0, 0.05) is 5.56 Å². The van der Waals surface area contributed by atoms with Crippen LogP contribution in [0.2, 0.25) is 0 Å². The second-order valence-electron chi connectivity index (χ2n) is 4.64. The van der Waals surface area contributed by atoms with Crippen molar-refractivity contribution in [3.05, 3.63) is 65.5 Å². The van der Waals surface area contributed by atoms with Crippen LogP contribution in [0.5, 0.6) is 5.75 Å². The molecule has 112 valence electrons. The predicted octanol–water partition coefficient (Wildman–Crippen LogP) is 2.68. The number of carbonyl (C=O) groups is 1. The van der Waals surface area contributed by atoms with Crippen LogP contribution in [0.3, 0.4) is 0 Å². The zero-order chi connectivity index (χ0) is 15.8. The Hall–Kier alpha value is -2.80. The number of hydrogen-bond acceptors (Lipinski definition) is 2. The number of rotatable bonds is 4. The van der Waals surface area contributed by atoms with Gasteiger partial charge in [-0.15, -0.1) is 0 Å². The van der Waals surface area contributed by atoms with Crippen LogP contribution in [0, 0.1) is 24.6 Å². The molecule has 2 rings (SSSR count). The van der Waals surface area contributed by atoms with Crippen LogP contribution < -0.4 is 10.1 Å². The summed E-state index contributed by atoms with van der Waals surface area (Å²) in [4.78, 5) is 11.6. The van der Waals surface area contributed by atoms with E-state index in [1.807, 2.05) is 31.2 Å². The summed E-state index contributed by atoms with van der Waals surface area (Å²) in [5.41, 5.74) is 1.68. The number of ether oxygens (including phenoxy) is 1. The van der Waals surface area contributed by atoms with Crippen LogP contribution in [0.1, 0.15) is 11.1 Å². The van der Waals surface area contributed by atoms with Gasteiger partial charge in [0.15, 0.2) is 6.61 Å². The summed E-state index contributed by atoms with van der Waals surface area (Å²) in [6.07, 6.45) is 0. The molecule has 0 spiro atoms. The first-order chi connectivity index (χ1) is 10.6. The lowest BCUT2D eigenvalue weighted by Gasteiger charge is -2.07. The Balaban J connectivity index is 1.74. The molecular formula is C18H16FNO2. The molecule has 2 aromatic rings. The molecule has 0 aromatic heterocycles. The highest BCUT2D eigenvalue weighted by Crippen LogP contribution is 2.15. The molecule has 0 saturated heterocycles. The number of amides is 1. The van der Waals surface area contributed by atoms with Crippen LogP contribution in [0.15, 0.2) is 48.5 Å². The molecule has 2 aromatic carbocycles. The van der Waals surface area contributed by atoms with Crippen molar-refractivity contribution >= 4 is 5.91 Å². The number of aryl methyl sites for hydroxylation is 1. The van der Waals surface area contributed by atoms with Crippen molar-refractivity contribution in [3.63, 3.8) is 0 Å².